The Morgan fingerprint density at radius 3 is 2.93 bits per heavy atom. The highest BCUT2D eigenvalue weighted by atomic mass is 14.7. The number of rotatable bonds is 0. The molecule has 0 amide bonds. The molecular weight excluding hydrogens is 170 g/mol. The average molecular weight is 183 g/mol. The average Bonchev–Trinajstić information content (AvgIpc) is 2.26. The van der Waals surface area contributed by atoms with Crippen LogP contribution in [0.5, 0.6) is 0 Å². The van der Waals surface area contributed by atoms with Crippen LogP contribution in [-0.2, 0) is 19.3 Å². The van der Waals surface area contributed by atoms with Gasteiger partial charge in [-0.15, -0.1) is 0 Å². The molecule has 0 unspecified atom stereocenters. The molecule has 0 saturated carbocycles. The summed E-state index contributed by atoms with van der Waals surface area (Å²) < 4.78 is 0. The van der Waals surface area contributed by atoms with E-state index in [4.69, 9.17) is 4.98 Å². The molecule has 0 radical (unpaired) electrons. The predicted molar refractivity (Wildman–Crippen MR) is 58.1 cm³/mol. The van der Waals surface area contributed by atoms with Crippen LogP contribution in [-0.4, -0.2) is 4.98 Å². The van der Waals surface area contributed by atoms with Crippen molar-refractivity contribution in [2.45, 2.75) is 25.7 Å². The first kappa shape index (κ1) is 7.98. The van der Waals surface area contributed by atoms with Crippen molar-refractivity contribution in [2.75, 3.05) is 0 Å². The molecule has 2 aliphatic carbocycles. The zero-order valence-electron chi connectivity index (χ0n) is 8.16. The van der Waals surface area contributed by atoms with E-state index < -0.39 is 0 Å². The summed E-state index contributed by atoms with van der Waals surface area (Å²) in [4.78, 5) is 4.75. The maximum absolute atomic E-state index is 4.75. The zero-order chi connectivity index (χ0) is 9.38. The Morgan fingerprint density at radius 2 is 1.93 bits per heavy atom. The summed E-state index contributed by atoms with van der Waals surface area (Å²) in [5, 5.41) is 0. The normalized spacial score (nSPS) is 17.7. The lowest BCUT2D eigenvalue weighted by Crippen LogP contribution is -2.07. The van der Waals surface area contributed by atoms with E-state index in [1.807, 2.05) is 0 Å². The molecule has 1 aromatic rings. The lowest BCUT2D eigenvalue weighted by molar-refractivity contribution is 0.881. The molecule has 0 aromatic carbocycles. The minimum absolute atomic E-state index is 1.02. The Hall–Kier alpha value is -1.37. The SMILES string of the molecule is C1=Cc2cc3c(nc2CC1)CC=CC3. The van der Waals surface area contributed by atoms with Crippen LogP contribution >= 0.6 is 0 Å². The molecule has 1 heterocycles. The fourth-order valence-electron chi connectivity index (χ4n) is 2.19. The number of aromatic nitrogens is 1. The van der Waals surface area contributed by atoms with Crippen molar-refractivity contribution in [3.8, 4) is 0 Å². The molecule has 0 atom stereocenters. The number of aryl methyl sites for hydroxylation is 1. The molecule has 0 fully saturated rings. The first-order chi connectivity index (χ1) is 6.93. The standard InChI is InChI=1S/C13H13N/c1-3-7-12-10(5-1)9-11-6-2-4-8-13(11)14-12/h1-3,6,9H,4-5,7-8H2. The highest BCUT2D eigenvalue weighted by Crippen LogP contribution is 2.23. The molecule has 0 saturated heterocycles. The van der Waals surface area contributed by atoms with Crippen LogP contribution in [0.2, 0.25) is 0 Å². The molecular formula is C13H13N. The minimum atomic E-state index is 1.02. The maximum Gasteiger partial charge on any atom is 0.0482 e. The second kappa shape index (κ2) is 3.09. The number of nitrogens with zero attached hydrogens (tertiary/aromatic N) is 1. The monoisotopic (exact) mass is 183 g/mol. The quantitative estimate of drug-likeness (QED) is 0.563. The van der Waals surface area contributed by atoms with Crippen LogP contribution in [0.4, 0.5) is 0 Å². The van der Waals surface area contributed by atoms with E-state index in [-0.39, 0.29) is 0 Å². The summed E-state index contributed by atoms with van der Waals surface area (Å²) in [6, 6.07) is 2.32. The molecule has 1 heteroatoms. The third-order valence-corrected chi connectivity index (χ3v) is 2.96. The van der Waals surface area contributed by atoms with Gasteiger partial charge in [-0.3, -0.25) is 4.98 Å². The van der Waals surface area contributed by atoms with Gasteiger partial charge in [-0.2, -0.15) is 0 Å². The van der Waals surface area contributed by atoms with E-state index in [1.165, 1.54) is 22.5 Å². The summed E-state index contributed by atoms with van der Waals surface area (Å²) >= 11 is 0. The van der Waals surface area contributed by atoms with E-state index in [9.17, 15) is 0 Å². The second-order valence-electron chi connectivity index (χ2n) is 3.95. The maximum atomic E-state index is 4.75. The van der Waals surface area contributed by atoms with Crippen molar-refractivity contribution in [1.29, 1.82) is 0 Å². The van der Waals surface area contributed by atoms with E-state index >= 15 is 0 Å². The highest BCUT2D eigenvalue weighted by molar-refractivity contribution is 5.56. The van der Waals surface area contributed by atoms with Gasteiger partial charge in [0, 0.05) is 17.8 Å². The molecule has 14 heavy (non-hydrogen) atoms. The summed E-state index contributed by atoms with van der Waals surface area (Å²) in [5.74, 6) is 0. The van der Waals surface area contributed by atoms with E-state index in [0.29, 0.717) is 0 Å². The van der Waals surface area contributed by atoms with Crippen molar-refractivity contribution < 1.29 is 0 Å². The second-order valence-corrected chi connectivity index (χ2v) is 3.95. The van der Waals surface area contributed by atoms with Crippen molar-refractivity contribution in [1.82, 2.24) is 4.98 Å². The zero-order valence-corrected chi connectivity index (χ0v) is 8.16. The largest absolute Gasteiger partial charge is 0.257 e. The molecule has 0 bridgehead atoms. The number of hydrogen-bond donors (Lipinski definition) is 0. The third-order valence-electron chi connectivity index (χ3n) is 2.96. The molecule has 2 aliphatic rings. The Labute approximate surface area is 84.2 Å². The fraction of sp³-hybridized carbons (Fsp3) is 0.308. The van der Waals surface area contributed by atoms with Gasteiger partial charge in [0.05, 0.1) is 0 Å². The van der Waals surface area contributed by atoms with Gasteiger partial charge < -0.3 is 0 Å². The number of fused-ring (bicyclic) bond motifs is 2. The van der Waals surface area contributed by atoms with Gasteiger partial charge in [0.2, 0.25) is 0 Å². The lowest BCUT2D eigenvalue weighted by Gasteiger charge is -2.16. The van der Waals surface area contributed by atoms with E-state index in [1.54, 1.807) is 0 Å². The molecule has 1 nitrogen and oxygen atoms in total. The summed E-state index contributed by atoms with van der Waals surface area (Å²) in [6.07, 6.45) is 13.3. The molecule has 0 spiro atoms. The smallest absolute Gasteiger partial charge is 0.0482 e. The number of hydrogen-bond acceptors (Lipinski definition) is 1. The summed E-state index contributed by atoms with van der Waals surface area (Å²) in [7, 11) is 0. The van der Waals surface area contributed by atoms with Crippen LogP contribution in [0, 0.1) is 0 Å². The van der Waals surface area contributed by atoms with Gasteiger partial charge in [0.1, 0.15) is 0 Å². The lowest BCUT2D eigenvalue weighted by atomic mass is 9.95. The van der Waals surface area contributed by atoms with Crippen molar-refractivity contribution in [2.24, 2.45) is 0 Å². The van der Waals surface area contributed by atoms with Crippen molar-refractivity contribution in [3.63, 3.8) is 0 Å². The summed E-state index contributed by atoms with van der Waals surface area (Å²) in [6.45, 7) is 0. The number of pyridine rings is 1. The van der Waals surface area contributed by atoms with Gasteiger partial charge in [0.25, 0.3) is 0 Å². The van der Waals surface area contributed by atoms with Crippen LogP contribution in [0.1, 0.15) is 28.9 Å². The molecule has 3 rings (SSSR count). The first-order valence-electron chi connectivity index (χ1n) is 5.27. The third kappa shape index (κ3) is 1.20. The van der Waals surface area contributed by atoms with Gasteiger partial charge in [0.15, 0.2) is 0 Å². The van der Waals surface area contributed by atoms with Gasteiger partial charge in [-0.1, -0.05) is 24.3 Å². The number of allylic oxidation sites excluding steroid dienone is 3. The Bertz CT molecular complexity index is 427. The van der Waals surface area contributed by atoms with Gasteiger partial charge in [-0.05, 0) is 36.5 Å². The Balaban J connectivity index is 2.14. The molecule has 1 aromatic heterocycles. The Kier molecular flexibility index (Phi) is 1.76. The van der Waals surface area contributed by atoms with Gasteiger partial charge in [-0.25, -0.2) is 0 Å². The van der Waals surface area contributed by atoms with Crippen molar-refractivity contribution in [3.05, 3.63) is 46.8 Å². The van der Waals surface area contributed by atoms with Crippen LogP contribution in [0.15, 0.2) is 24.3 Å². The Morgan fingerprint density at radius 1 is 1.00 bits per heavy atom. The van der Waals surface area contributed by atoms with E-state index in [0.717, 1.165) is 25.7 Å². The topological polar surface area (TPSA) is 12.9 Å². The first-order valence-corrected chi connectivity index (χ1v) is 5.27. The minimum Gasteiger partial charge on any atom is -0.257 e. The van der Waals surface area contributed by atoms with Crippen LogP contribution in [0.25, 0.3) is 6.08 Å². The molecule has 0 aliphatic heterocycles. The van der Waals surface area contributed by atoms with Gasteiger partial charge >= 0.3 is 0 Å². The predicted octanol–water partition coefficient (Wildman–Crippen LogP) is 2.70. The molecule has 0 N–H and O–H groups in total. The van der Waals surface area contributed by atoms with Crippen molar-refractivity contribution >= 4 is 6.08 Å². The van der Waals surface area contributed by atoms with Crippen LogP contribution in [0.3, 0.4) is 0 Å². The summed E-state index contributed by atoms with van der Waals surface area (Å²) in [5.41, 5.74) is 5.34. The fourth-order valence-corrected chi connectivity index (χ4v) is 2.19. The molecule has 70 valence electrons. The highest BCUT2D eigenvalue weighted by Gasteiger charge is 2.12. The van der Waals surface area contributed by atoms with Crippen LogP contribution < -0.4 is 0 Å². The van der Waals surface area contributed by atoms with E-state index in [2.05, 4.69) is 30.4 Å².